The molecule has 24 heavy (non-hydrogen) atoms. The van der Waals surface area contributed by atoms with E-state index in [4.69, 9.17) is 4.74 Å². The van der Waals surface area contributed by atoms with Crippen molar-refractivity contribution in [1.29, 1.82) is 0 Å². The zero-order valence-electron chi connectivity index (χ0n) is 14.0. The average Bonchev–Trinajstić information content (AvgIpc) is 2.94. The fourth-order valence-corrected chi connectivity index (χ4v) is 5.03. The Morgan fingerprint density at radius 1 is 1.29 bits per heavy atom. The van der Waals surface area contributed by atoms with Crippen molar-refractivity contribution in [1.82, 2.24) is 10.6 Å². The van der Waals surface area contributed by atoms with Gasteiger partial charge in [0.1, 0.15) is 5.75 Å². The summed E-state index contributed by atoms with van der Waals surface area (Å²) in [6, 6.07) is 7.09. The van der Waals surface area contributed by atoms with Crippen LogP contribution in [0.2, 0.25) is 0 Å². The first kappa shape index (κ1) is 17.1. The standard InChI is InChI=1S/C17H24N2O4S/c1-11-7-8-13(10-24(11,21)22)19-17(20)18-12(2)15-9-23-16-6-4-3-5-14(15)16/h3-6,11-13,15H,7-10H2,1-2H3,(H2,18,19,20). The van der Waals surface area contributed by atoms with E-state index in [1.165, 1.54) is 0 Å². The Kier molecular flexibility index (Phi) is 4.71. The van der Waals surface area contributed by atoms with Crippen LogP contribution in [0.15, 0.2) is 24.3 Å². The smallest absolute Gasteiger partial charge is 0.315 e. The Morgan fingerprint density at radius 2 is 2.04 bits per heavy atom. The summed E-state index contributed by atoms with van der Waals surface area (Å²) < 4.78 is 29.6. The zero-order valence-corrected chi connectivity index (χ0v) is 14.8. The second-order valence-corrected chi connectivity index (χ2v) is 9.24. The van der Waals surface area contributed by atoms with Crippen LogP contribution in [0.3, 0.4) is 0 Å². The Morgan fingerprint density at radius 3 is 2.79 bits per heavy atom. The minimum absolute atomic E-state index is 0.0192. The van der Waals surface area contributed by atoms with Gasteiger partial charge in [-0.3, -0.25) is 0 Å². The lowest BCUT2D eigenvalue weighted by Crippen LogP contribution is -2.51. The highest BCUT2D eigenvalue weighted by Crippen LogP contribution is 2.35. The predicted molar refractivity (Wildman–Crippen MR) is 92.1 cm³/mol. The van der Waals surface area contributed by atoms with Gasteiger partial charge in [-0.05, 0) is 32.8 Å². The molecule has 1 aromatic carbocycles. The van der Waals surface area contributed by atoms with Crippen LogP contribution in [0.25, 0.3) is 0 Å². The first-order valence-electron chi connectivity index (χ1n) is 8.37. The highest BCUT2D eigenvalue weighted by molar-refractivity contribution is 7.92. The summed E-state index contributed by atoms with van der Waals surface area (Å²) in [6.45, 7) is 4.21. The van der Waals surface area contributed by atoms with E-state index in [-0.39, 0.29) is 35.0 Å². The molecule has 0 bridgehead atoms. The van der Waals surface area contributed by atoms with E-state index in [0.717, 1.165) is 11.3 Å². The Hall–Kier alpha value is -1.76. The lowest BCUT2D eigenvalue weighted by molar-refractivity contribution is 0.229. The molecule has 0 aliphatic carbocycles. The lowest BCUT2D eigenvalue weighted by atomic mass is 9.94. The molecule has 132 valence electrons. The molecule has 3 rings (SSSR count). The number of carbonyl (C=O) groups excluding carboxylic acids is 1. The summed E-state index contributed by atoms with van der Waals surface area (Å²) in [4.78, 5) is 12.2. The van der Waals surface area contributed by atoms with Crippen LogP contribution in [0.1, 0.15) is 38.2 Å². The van der Waals surface area contributed by atoms with E-state index < -0.39 is 9.84 Å². The van der Waals surface area contributed by atoms with Gasteiger partial charge in [0.2, 0.25) is 0 Å². The van der Waals surface area contributed by atoms with Gasteiger partial charge in [-0.2, -0.15) is 0 Å². The van der Waals surface area contributed by atoms with Crippen LogP contribution in [-0.4, -0.2) is 44.1 Å². The molecule has 2 heterocycles. The van der Waals surface area contributed by atoms with Crippen LogP contribution in [-0.2, 0) is 9.84 Å². The molecule has 2 amide bonds. The number of hydrogen-bond donors (Lipinski definition) is 2. The summed E-state index contributed by atoms with van der Waals surface area (Å²) in [7, 11) is -3.10. The molecule has 0 spiro atoms. The van der Waals surface area contributed by atoms with E-state index in [0.29, 0.717) is 19.4 Å². The number of benzene rings is 1. The predicted octanol–water partition coefficient (Wildman–Crippen LogP) is 1.82. The normalized spacial score (nSPS) is 29.2. The Balaban J connectivity index is 1.56. The molecule has 2 N–H and O–H groups in total. The third-order valence-electron chi connectivity index (χ3n) is 5.00. The van der Waals surface area contributed by atoms with E-state index in [1.807, 2.05) is 31.2 Å². The van der Waals surface area contributed by atoms with Crippen molar-refractivity contribution in [3.8, 4) is 5.75 Å². The highest BCUT2D eigenvalue weighted by atomic mass is 32.2. The van der Waals surface area contributed by atoms with E-state index in [1.54, 1.807) is 6.92 Å². The molecule has 2 aliphatic rings. The molecule has 4 atom stereocenters. The van der Waals surface area contributed by atoms with Crippen molar-refractivity contribution in [2.75, 3.05) is 12.4 Å². The van der Waals surface area contributed by atoms with Gasteiger partial charge in [0, 0.05) is 23.6 Å². The number of amides is 2. The van der Waals surface area contributed by atoms with E-state index in [9.17, 15) is 13.2 Å². The van der Waals surface area contributed by atoms with Crippen LogP contribution in [0.4, 0.5) is 4.79 Å². The number of carbonyl (C=O) groups is 1. The number of nitrogens with one attached hydrogen (secondary N) is 2. The molecule has 1 saturated heterocycles. The molecule has 0 radical (unpaired) electrons. The number of para-hydroxylation sites is 1. The largest absolute Gasteiger partial charge is 0.493 e. The molecule has 6 nitrogen and oxygen atoms in total. The van der Waals surface area contributed by atoms with Crippen molar-refractivity contribution in [3.05, 3.63) is 29.8 Å². The fraction of sp³-hybridized carbons (Fsp3) is 0.588. The van der Waals surface area contributed by atoms with Crippen LogP contribution in [0.5, 0.6) is 5.75 Å². The molecular weight excluding hydrogens is 328 g/mol. The van der Waals surface area contributed by atoms with Gasteiger partial charge >= 0.3 is 6.03 Å². The van der Waals surface area contributed by atoms with Gasteiger partial charge in [-0.15, -0.1) is 0 Å². The maximum Gasteiger partial charge on any atom is 0.315 e. The number of fused-ring (bicyclic) bond motifs is 1. The molecular formula is C17H24N2O4S. The van der Waals surface area contributed by atoms with E-state index in [2.05, 4.69) is 10.6 Å². The van der Waals surface area contributed by atoms with Crippen molar-refractivity contribution in [3.63, 3.8) is 0 Å². The van der Waals surface area contributed by atoms with E-state index >= 15 is 0 Å². The molecule has 1 fully saturated rings. The number of rotatable bonds is 3. The number of sulfone groups is 1. The maximum absolute atomic E-state index is 12.2. The molecule has 0 saturated carbocycles. The highest BCUT2D eigenvalue weighted by Gasteiger charge is 2.33. The van der Waals surface area contributed by atoms with Gasteiger partial charge < -0.3 is 15.4 Å². The van der Waals surface area contributed by atoms with Gasteiger partial charge in [0.05, 0.1) is 17.6 Å². The molecule has 1 aromatic rings. The number of urea groups is 1. The third kappa shape index (κ3) is 3.50. The van der Waals surface area contributed by atoms with Gasteiger partial charge in [-0.25, -0.2) is 13.2 Å². The van der Waals surface area contributed by atoms with Gasteiger partial charge in [0.25, 0.3) is 0 Å². The minimum Gasteiger partial charge on any atom is -0.493 e. The maximum atomic E-state index is 12.2. The van der Waals surface area contributed by atoms with Gasteiger partial charge in [0.15, 0.2) is 9.84 Å². The second kappa shape index (κ2) is 6.63. The van der Waals surface area contributed by atoms with Crippen molar-refractivity contribution in [2.45, 2.75) is 49.9 Å². The van der Waals surface area contributed by atoms with Crippen molar-refractivity contribution < 1.29 is 17.9 Å². The Bertz CT molecular complexity index is 719. The van der Waals surface area contributed by atoms with Crippen LogP contribution < -0.4 is 15.4 Å². The lowest BCUT2D eigenvalue weighted by Gasteiger charge is -2.28. The first-order valence-corrected chi connectivity index (χ1v) is 10.1. The summed E-state index contributed by atoms with van der Waals surface area (Å²) in [5.41, 5.74) is 1.10. The monoisotopic (exact) mass is 352 g/mol. The van der Waals surface area contributed by atoms with Crippen molar-refractivity contribution >= 4 is 15.9 Å². The molecule has 0 aromatic heterocycles. The van der Waals surface area contributed by atoms with Gasteiger partial charge in [-0.1, -0.05) is 18.2 Å². The first-order chi connectivity index (χ1) is 11.4. The minimum atomic E-state index is -3.10. The summed E-state index contributed by atoms with van der Waals surface area (Å²) >= 11 is 0. The van der Waals surface area contributed by atoms with Crippen LogP contribution in [0, 0.1) is 0 Å². The van der Waals surface area contributed by atoms with Crippen molar-refractivity contribution in [2.24, 2.45) is 0 Å². The third-order valence-corrected chi connectivity index (χ3v) is 7.33. The number of ether oxygens (including phenoxy) is 1. The molecule has 7 heteroatoms. The Labute approximate surface area is 142 Å². The fourth-order valence-electron chi connectivity index (χ4n) is 3.39. The topological polar surface area (TPSA) is 84.5 Å². The van der Waals surface area contributed by atoms with Crippen LogP contribution >= 0.6 is 0 Å². The average molecular weight is 352 g/mol. The SMILES string of the molecule is CC(NC(=O)NC1CCC(C)S(=O)(=O)C1)C1COc2ccccc21. The number of hydrogen-bond acceptors (Lipinski definition) is 4. The second-order valence-electron chi connectivity index (χ2n) is 6.78. The molecule has 4 unspecified atom stereocenters. The molecule has 2 aliphatic heterocycles. The zero-order chi connectivity index (χ0) is 17.3. The quantitative estimate of drug-likeness (QED) is 0.869. The summed E-state index contributed by atoms with van der Waals surface area (Å²) in [5, 5.41) is 5.41. The summed E-state index contributed by atoms with van der Waals surface area (Å²) in [6.07, 6.45) is 1.28. The summed E-state index contributed by atoms with van der Waals surface area (Å²) in [5.74, 6) is 0.983.